The van der Waals surface area contributed by atoms with E-state index in [0.717, 1.165) is 36.1 Å². The first-order valence-electron chi connectivity index (χ1n) is 9.56. The smallest absolute Gasteiger partial charge is 0.256 e. The summed E-state index contributed by atoms with van der Waals surface area (Å²) in [6.45, 7) is 5.09. The zero-order valence-electron chi connectivity index (χ0n) is 16.1. The average molecular weight is 370 g/mol. The van der Waals surface area contributed by atoms with E-state index in [1.165, 1.54) is 5.69 Å². The van der Waals surface area contributed by atoms with Gasteiger partial charge in [-0.25, -0.2) is 0 Å². The van der Waals surface area contributed by atoms with Crippen molar-refractivity contribution in [2.45, 2.75) is 39.2 Å². The van der Waals surface area contributed by atoms with E-state index in [4.69, 9.17) is 0 Å². The van der Waals surface area contributed by atoms with Gasteiger partial charge in [-0.15, -0.1) is 0 Å². The second-order valence-electron chi connectivity index (χ2n) is 7.05. The minimum absolute atomic E-state index is 0.172. The number of pyridine rings is 1. The van der Waals surface area contributed by atoms with Gasteiger partial charge in [0.2, 0.25) is 0 Å². The molecule has 28 heavy (non-hydrogen) atoms. The van der Waals surface area contributed by atoms with Crippen LogP contribution in [0.25, 0.3) is 0 Å². The summed E-state index contributed by atoms with van der Waals surface area (Å²) in [5.74, 6) is 7.21. The van der Waals surface area contributed by atoms with Gasteiger partial charge in [0.1, 0.15) is 0 Å². The minimum atomic E-state index is -0.172. The molecule has 0 radical (unpaired) electrons. The molecule has 3 aromatic rings. The van der Waals surface area contributed by atoms with Gasteiger partial charge in [0, 0.05) is 53.3 Å². The molecule has 0 saturated carbocycles. The van der Waals surface area contributed by atoms with Crippen molar-refractivity contribution in [3.8, 4) is 11.8 Å². The topological polar surface area (TPSA) is 59.8 Å². The van der Waals surface area contributed by atoms with Crippen LogP contribution in [0.3, 0.4) is 0 Å². The molecule has 140 valence electrons. The van der Waals surface area contributed by atoms with Gasteiger partial charge in [0.05, 0.1) is 0 Å². The van der Waals surface area contributed by atoms with Crippen LogP contribution in [0.1, 0.15) is 58.4 Å². The maximum absolute atomic E-state index is 12.7. The van der Waals surface area contributed by atoms with Crippen LogP contribution in [-0.2, 0) is 6.54 Å². The Bertz CT molecular complexity index is 1070. The van der Waals surface area contributed by atoms with Gasteiger partial charge in [-0.2, -0.15) is 5.10 Å². The largest absolute Gasteiger partial charge is 0.305 e. The lowest BCUT2D eigenvalue weighted by Crippen LogP contribution is -2.13. The van der Waals surface area contributed by atoms with E-state index in [9.17, 15) is 4.79 Å². The molecule has 0 aliphatic carbocycles. The fraction of sp³-hybridized carbons (Fsp3) is 0.261. The second kappa shape index (κ2) is 7.69. The van der Waals surface area contributed by atoms with Crippen LogP contribution in [0.5, 0.6) is 0 Å². The Hall–Kier alpha value is -3.39. The molecule has 5 nitrogen and oxygen atoms in total. The number of anilines is 1. The maximum Gasteiger partial charge on any atom is 0.256 e. The highest BCUT2D eigenvalue weighted by atomic mass is 16.1. The number of amides is 1. The molecule has 3 heterocycles. The van der Waals surface area contributed by atoms with Crippen LogP contribution in [-0.4, -0.2) is 20.7 Å². The van der Waals surface area contributed by atoms with E-state index in [-0.39, 0.29) is 5.91 Å². The van der Waals surface area contributed by atoms with E-state index in [2.05, 4.69) is 34.2 Å². The third-order valence-corrected chi connectivity index (χ3v) is 5.16. The van der Waals surface area contributed by atoms with Crippen molar-refractivity contribution in [3.05, 3.63) is 76.7 Å². The fourth-order valence-corrected chi connectivity index (χ4v) is 3.50. The number of hydrogen-bond donors (Lipinski definition) is 1. The number of aromatic nitrogens is 3. The first-order chi connectivity index (χ1) is 13.6. The Kier molecular flexibility index (Phi) is 4.94. The van der Waals surface area contributed by atoms with Crippen LogP contribution in [0, 0.1) is 18.8 Å². The summed E-state index contributed by atoms with van der Waals surface area (Å²) in [4.78, 5) is 16.8. The molecule has 1 amide bonds. The molecular weight excluding hydrogens is 348 g/mol. The molecule has 1 aromatic carbocycles. The molecule has 2 aromatic heterocycles. The zero-order valence-corrected chi connectivity index (χ0v) is 16.1. The molecule has 1 aliphatic heterocycles. The maximum atomic E-state index is 12.7. The second-order valence-corrected chi connectivity index (χ2v) is 7.05. The van der Waals surface area contributed by atoms with E-state index in [1.807, 2.05) is 48.0 Å². The highest BCUT2D eigenvalue weighted by Crippen LogP contribution is 2.32. The number of nitrogens with zero attached hydrogens (tertiary/aromatic N) is 3. The lowest BCUT2D eigenvalue weighted by atomic mass is 10.0. The number of rotatable bonds is 3. The van der Waals surface area contributed by atoms with E-state index >= 15 is 0 Å². The number of fused-ring (bicyclic) bond motifs is 1. The highest BCUT2D eigenvalue weighted by molar-refractivity contribution is 6.04. The highest BCUT2D eigenvalue weighted by Gasteiger charge is 2.23. The standard InChI is InChI=1S/C23H22N4O/c1-3-18-10-12-27-21(18)14-22(26-27)25-23(28)20-8-6-16(2)19(13-20)9-7-17-5-4-11-24-15-17/h4-6,8,11,13-15,18H,3,10,12H2,1-2H3,(H,25,26,28). The number of benzene rings is 1. The third-order valence-electron chi connectivity index (χ3n) is 5.16. The molecule has 0 saturated heterocycles. The van der Waals surface area contributed by atoms with Crippen LogP contribution in [0.15, 0.2) is 48.8 Å². The first-order valence-corrected chi connectivity index (χ1v) is 9.56. The predicted octanol–water partition coefficient (Wildman–Crippen LogP) is 4.14. The molecule has 1 N–H and O–H groups in total. The van der Waals surface area contributed by atoms with E-state index in [1.54, 1.807) is 12.4 Å². The van der Waals surface area contributed by atoms with Crippen LogP contribution < -0.4 is 5.32 Å². The van der Waals surface area contributed by atoms with Gasteiger partial charge in [-0.05, 0) is 49.6 Å². The molecule has 0 bridgehead atoms. The number of carbonyl (C=O) groups excluding carboxylic acids is 1. The summed E-state index contributed by atoms with van der Waals surface area (Å²) in [7, 11) is 0. The van der Waals surface area contributed by atoms with Crippen molar-refractivity contribution < 1.29 is 4.79 Å². The quantitative estimate of drug-likeness (QED) is 0.705. The lowest BCUT2D eigenvalue weighted by Gasteiger charge is -2.05. The summed E-state index contributed by atoms with van der Waals surface area (Å²) in [5, 5.41) is 7.44. The number of nitrogens with one attached hydrogen (secondary N) is 1. The Morgan fingerprint density at radius 3 is 2.96 bits per heavy atom. The van der Waals surface area contributed by atoms with Crippen molar-refractivity contribution >= 4 is 11.7 Å². The summed E-state index contributed by atoms with van der Waals surface area (Å²) >= 11 is 0. The van der Waals surface area contributed by atoms with Gasteiger partial charge in [0.15, 0.2) is 5.82 Å². The van der Waals surface area contributed by atoms with Crippen LogP contribution >= 0.6 is 0 Å². The number of hydrogen-bond acceptors (Lipinski definition) is 3. The molecule has 0 spiro atoms. The van der Waals surface area contributed by atoms with Crippen molar-refractivity contribution in [1.82, 2.24) is 14.8 Å². The van der Waals surface area contributed by atoms with Gasteiger partial charge in [-0.1, -0.05) is 24.8 Å². The Morgan fingerprint density at radius 1 is 1.29 bits per heavy atom. The summed E-state index contributed by atoms with van der Waals surface area (Å²) in [6, 6.07) is 11.3. The first kappa shape index (κ1) is 18.0. The summed E-state index contributed by atoms with van der Waals surface area (Å²) < 4.78 is 2.00. The molecule has 1 atom stereocenters. The van der Waals surface area contributed by atoms with Gasteiger partial charge < -0.3 is 5.32 Å². The summed E-state index contributed by atoms with van der Waals surface area (Å²) in [6.07, 6.45) is 5.66. The predicted molar refractivity (Wildman–Crippen MR) is 109 cm³/mol. The Morgan fingerprint density at radius 2 is 2.18 bits per heavy atom. The SMILES string of the molecule is CCC1CCn2nc(NC(=O)c3ccc(C)c(C#Cc4cccnc4)c3)cc21. The lowest BCUT2D eigenvalue weighted by molar-refractivity contribution is 0.102. The van der Waals surface area contributed by atoms with Crippen molar-refractivity contribution in [3.63, 3.8) is 0 Å². The molecule has 0 fully saturated rings. The molecule has 5 heteroatoms. The molecule has 1 unspecified atom stereocenters. The number of aryl methyl sites for hydroxylation is 2. The Labute approximate surface area is 164 Å². The molecule has 1 aliphatic rings. The summed E-state index contributed by atoms with van der Waals surface area (Å²) in [5.41, 5.74) is 4.48. The normalized spacial score (nSPS) is 14.9. The van der Waals surface area contributed by atoms with Crippen LogP contribution in [0.2, 0.25) is 0 Å². The number of carbonyl (C=O) groups is 1. The van der Waals surface area contributed by atoms with E-state index in [0.29, 0.717) is 17.3 Å². The minimum Gasteiger partial charge on any atom is -0.305 e. The van der Waals surface area contributed by atoms with Gasteiger partial charge in [-0.3, -0.25) is 14.5 Å². The molecule has 4 rings (SSSR count). The third kappa shape index (κ3) is 3.67. The van der Waals surface area contributed by atoms with E-state index < -0.39 is 0 Å². The van der Waals surface area contributed by atoms with Crippen LogP contribution in [0.4, 0.5) is 5.82 Å². The monoisotopic (exact) mass is 370 g/mol. The van der Waals surface area contributed by atoms with Gasteiger partial charge >= 0.3 is 0 Å². The average Bonchev–Trinajstić information content (AvgIpc) is 3.28. The van der Waals surface area contributed by atoms with Crippen molar-refractivity contribution in [1.29, 1.82) is 0 Å². The van der Waals surface area contributed by atoms with Crippen molar-refractivity contribution in [2.75, 3.05) is 5.32 Å². The van der Waals surface area contributed by atoms with Crippen molar-refractivity contribution in [2.24, 2.45) is 0 Å². The van der Waals surface area contributed by atoms with Gasteiger partial charge in [0.25, 0.3) is 5.91 Å². The fourth-order valence-electron chi connectivity index (χ4n) is 3.50. The zero-order chi connectivity index (χ0) is 19.5. The molecular formula is C23H22N4O. The Balaban J connectivity index is 1.53.